The summed E-state index contributed by atoms with van der Waals surface area (Å²) in [5.74, 6) is 2.11. The van der Waals surface area contributed by atoms with Gasteiger partial charge in [-0.25, -0.2) is 0 Å². The predicted octanol–water partition coefficient (Wildman–Crippen LogP) is 3.59. The first kappa shape index (κ1) is 19.5. The number of carbonyl (C=O) groups excluding carboxylic acids is 1. The zero-order valence-corrected chi connectivity index (χ0v) is 17.1. The largest absolute Gasteiger partial charge is 0.460 e. The molecule has 0 radical (unpaired) electrons. The molecule has 0 saturated carbocycles. The third-order valence-corrected chi connectivity index (χ3v) is 6.50. The maximum absolute atomic E-state index is 12.5. The number of nitrogens with zero attached hydrogens (tertiary/aromatic N) is 3. The Bertz CT molecular complexity index is 738. The molecule has 2 aliphatic rings. The van der Waals surface area contributed by atoms with Crippen LogP contribution in [-0.4, -0.2) is 66.4 Å². The monoisotopic (exact) mass is 383 g/mol. The lowest BCUT2D eigenvalue weighted by atomic mass is 9.92. The molecule has 4 rings (SSSR count). The molecule has 1 aromatic heterocycles. The van der Waals surface area contributed by atoms with Crippen molar-refractivity contribution in [3.05, 3.63) is 36.1 Å². The number of benzene rings is 1. The van der Waals surface area contributed by atoms with Crippen molar-refractivity contribution in [2.24, 2.45) is 5.92 Å². The number of hydrogen-bond acceptors (Lipinski definition) is 4. The molecule has 28 heavy (non-hydrogen) atoms. The van der Waals surface area contributed by atoms with Crippen LogP contribution in [-0.2, 0) is 11.3 Å². The Balaban J connectivity index is 1.17. The quantitative estimate of drug-likeness (QED) is 0.764. The zero-order valence-electron chi connectivity index (χ0n) is 17.1. The van der Waals surface area contributed by atoms with E-state index in [0.717, 1.165) is 76.5 Å². The van der Waals surface area contributed by atoms with E-state index in [1.54, 1.807) is 0 Å². The van der Waals surface area contributed by atoms with Crippen molar-refractivity contribution >= 4 is 16.9 Å². The molecule has 0 bridgehead atoms. The molecule has 1 amide bonds. The maximum Gasteiger partial charge on any atom is 0.222 e. The Hall–Kier alpha value is -1.85. The molecule has 0 aliphatic carbocycles. The van der Waals surface area contributed by atoms with Crippen LogP contribution < -0.4 is 0 Å². The first-order valence-corrected chi connectivity index (χ1v) is 10.9. The van der Waals surface area contributed by atoms with E-state index >= 15 is 0 Å². The summed E-state index contributed by atoms with van der Waals surface area (Å²) in [6.07, 6.45) is 4.15. The topological polar surface area (TPSA) is 39.9 Å². The van der Waals surface area contributed by atoms with Crippen LogP contribution in [0.15, 0.2) is 34.7 Å². The first-order valence-electron chi connectivity index (χ1n) is 10.9. The van der Waals surface area contributed by atoms with Gasteiger partial charge < -0.3 is 14.2 Å². The van der Waals surface area contributed by atoms with E-state index in [1.165, 1.54) is 18.2 Å². The summed E-state index contributed by atoms with van der Waals surface area (Å²) >= 11 is 0. The Morgan fingerprint density at radius 3 is 2.50 bits per heavy atom. The summed E-state index contributed by atoms with van der Waals surface area (Å²) in [6, 6.07) is 10.4. The van der Waals surface area contributed by atoms with E-state index in [1.807, 2.05) is 12.1 Å². The second-order valence-corrected chi connectivity index (χ2v) is 8.32. The van der Waals surface area contributed by atoms with E-state index in [2.05, 4.69) is 39.8 Å². The maximum atomic E-state index is 12.5. The molecule has 0 N–H and O–H groups in total. The van der Waals surface area contributed by atoms with Gasteiger partial charge >= 0.3 is 0 Å². The van der Waals surface area contributed by atoms with Crippen LogP contribution in [0.4, 0.5) is 0 Å². The summed E-state index contributed by atoms with van der Waals surface area (Å²) < 4.78 is 5.96. The lowest BCUT2D eigenvalue weighted by Gasteiger charge is -2.35. The molecule has 5 heteroatoms. The van der Waals surface area contributed by atoms with E-state index in [-0.39, 0.29) is 0 Å². The van der Waals surface area contributed by atoms with E-state index in [0.29, 0.717) is 11.8 Å². The third kappa shape index (κ3) is 4.76. The molecule has 2 fully saturated rings. The molecule has 2 aliphatic heterocycles. The van der Waals surface area contributed by atoms with Gasteiger partial charge in [0.15, 0.2) is 0 Å². The molecule has 0 spiro atoms. The Kier molecular flexibility index (Phi) is 6.33. The smallest absolute Gasteiger partial charge is 0.222 e. The second kappa shape index (κ2) is 9.10. The van der Waals surface area contributed by atoms with Crippen molar-refractivity contribution < 1.29 is 9.21 Å². The molecule has 1 aromatic carbocycles. The average Bonchev–Trinajstić information content (AvgIpc) is 3.15. The van der Waals surface area contributed by atoms with Crippen molar-refractivity contribution in [1.29, 1.82) is 0 Å². The lowest BCUT2D eigenvalue weighted by Crippen LogP contribution is -2.48. The van der Waals surface area contributed by atoms with Gasteiger partial charge in [-0.3, -0.25) is 9.69 Å². The predicted molar refractivity (Wildman–Crippen MR) is 112 cm³/mol. The fourth-order valence-corrected chi connectivity index (χ4v) is 4.57. The highest BCUT2D eigenvalue weighted by molar-refractivity contribution is 5.77. The number of rotatable bonds is 6. The Morgan fingerprint density at radius 1 is 1.04 bits per heavy atom. The van der Waals surface area contributed by atoms with Crippen LogP contribution in [0.2, 0.25) is 0 Å². The van der Waals surface area contributed by atoms with Gasteiger partial charge in [0.25, 0.3) is 0 Å². The van der Waals surface area contributed by atoms with Crippen LogP contribution in [0, 0.1) is 5.92 Å². The highest BCUT2D eigenvalue weighted by atomic mass is 16.3. The van der Waals surface area contributed by atoms with Crippen LogP contribution >= 0.6 is 0 Å². The van der Waals surface area contributed by atoms with Crippen molar-refractivity contribution in [3.63, 3.8) is 0 Å². The number of para-hydroxylation sites is 1. The number of furan rings is 1. The molecule has 5 nitrogen and oxygen atoms in total. The van der Waals surface area contributed by atoms with Crippen LogP contribution in [0.25, 0.3) is 11.0 Å². The second-order valence-electron chi connectivity index (χ2n) is 8.32. The summed E-state index contributed by atoms with van der Waals surface area (Å²) in [5.41, 5.74) is 0.977. The summed E-state index contributed by atoms with van der Waals surface area (Å²) in [5, 5.41) is 1.19. The van der Waals surface area contributed by atoms with Gasteiger partial charge in [-0.15, -0.1) is 0 Å². The zero-order chi connectivity index (χ0) is 19.3. The standard InChI is InChI=1S/C23H33N3O2/c1-2-24-13-15-26(16-14-24)23(27)8-7-19-9-11-25(12-10-19)18-21-17-20-5-3-4-6-22(20)28-21/h3-6,17,19H,2,7-16,18H2,1H3. The van der Waals surface area contributed by atoms with E-state index in [4.69, 9.17) is 4.42 Å². The van der Waals surface area contributed by atoms with Gasteiger partial charge in [-0.2, -0.15) is 0 Å². The van der Waals surface area contributed by atoms with Gasteiger partial charge in [-0.05, 0) is 56.9 Å². The summed E-state index contributed by atoms with van der Waals surface area (Å²) in [4.78, 5) is 19.5. The van der Waals surface area contributed by atoms with Gasteiger partial charge in [0.1, 0.15) is 11.3 Å². The molecular weight excluding hydrogens is 350 g/mol. The number of amides is 1. The minimum Gasteiger partial charge on any atom is -0.460 e. The molecule has 0 atom stereocenters. The average molecular weight is 384 g/mol. The number of hydrogen-bond donors (Lipinski definition) is 0. The SMILES string of the molecule is CCN1CCN(C(=O)CCC2CCN(Cc3cc4ccccc4o3)CC2)CC1. The Morgan fingerprint density at radius 2 is 1.79 bits per heavy atom. The molecular formula is C23H33N3O2. The third-order valence-electron chi connectivity index (χ3n) is 6.50. The minimum absolute atomic E-state index is 0.362. The van der Waals surface area contributed by atoms with Gasteiger partial charge in [0, 0.05) is 38.0 Å². The fourth-order valence-electron chi connectivity index (χ4n) is 4.57. The van der Waals surface area contributed by atoms with E-state index in [9.17, 15) is 4.79 Å². The number of piperazine rings is 1. The van der Waals surface area contributed by atoms with Crippen LogP contribution in [0.1, 0.15) is 38.4 Å². The number of likely N-dealkylation sites (tertiary alicyclic amines) is 1. The summed E-state index contributed by atoms with van der Waals surface area (Å²) in [7, 11) is 0. The number of fused-ring (bicyclic) bond motifs is 1. The van der Waals surface area contributed by atoms with Gasteiger partial charge in [-0.1, -0.05) is 25.1 Å². The number of piperidine rings is 1. The van der Waals surface area contributed by atoms with Crippen molar-refractivity contribution in [1.82, 2.24) is 14.7 Å². The van der Waals surface area contributed by atoms with E-state index < -0.39 is 0 Å². The molecule has 3 heterocycles. The molecule has 152 valence electrons. The number of likely N-dealkylation sites (N-methyl/N-ethyl adjacent to an activating group) is 1. The minimum atomic E-state index is 0.362. The fraction of sp³-hybridized carbons (Fsp3) is 0.609. The first-order chi connectivity index (χ1) is 13.7. The normalized spacial score (nSPS) is 20.1. The highest BCUT2D eigenvalue weighted by Crippen LogP contribution is 2.25. The molecule has 2 saturated heterocycles. The van der Waals surface area contributed by atoms with Crippen molar-refractivity contribution in [3.8, 4) is 0 Å². The number of carbonyl (C=O) groups is 1. The highest BCUT2D eigenvalue weighted by Gasteiger charge is 2.24. The van der Waals surface area contributed by atoms with Crippen LogP contribution in [0.5, 0.6) is 0 Å². The van der Waals surface area contributed by atoms with Crippen molar-refractivity contribution in [2.45, 2.75) is 39.2 Å². The van der Waals surface area contributed by atoms with Gasteiger partial charge in [0.2, 0.25) is 5.91 Å². The molecule has 2 aromatic rings. The molecule has 0 unspecified atom stereocenters. The van der Waals surface area contributed by atoms with Crippen LogP contribution in [0.3, 0.4) is 0 Å². The van der Waals surface area contributed by atoms with Crippen molar-refractivity contribution in [2.75, 3.05) is 45.8 Å². The Labute approximate surface area is 168 Å². The lowest BCUT2D eigenvalue weighted by molar-refractivity contribution is -0.133. The summed E-state index contributed by atoms with van der Waals surface area (Å²) in [6.45, 7) is 10.3. The van der Waals surface area contributed by atoms with Gasteiger partial charge in [0.05, 0.1) is 6.54 Å².